The van der Waals surface area contributed by atoms with Gasteiger partial charge in [-0.2, -0.15) is 15.0 Å². The number of rotatable bonds is 6. The molecule has 0 spiro atoms. The molecule has 2 aliphatic heterocycles. The van der Waals surface area contributed by atoms with E-state index < -0.39 is 5.91 Å². The van der Waals surface area contributed by atoms with Gasteiger partial charge in [-0.05, 0) is 68.9 Å². The molecule has 14 nitrogen and oxygen atoms in total. The first-order valence-electron chi connectivity index (χ1n) is 12.6. The number of nitrogens with zero attached hydrogens (tertiary/aromatic N) is 5. The van der Waals surface area contributed by atoms with Crippen LogP contribution in [0.2, 0.25) is 5.02 Å². The van der Waals surface area contributed by atoms with Gasteiger partial charge in [0.05, 0.1) is 11.3 Å². The quantitative estimate of drug-likeness (QED) is 0.127. The third kappa shape index (κ3) is 9.17. The van der Waals surface area contributed by atoms with Crippen molar-refractivity contribution in [3.8, 4) is 11.5 Å². The normalized spacial score (nSPS) is 14.0. The SMILES string of the molecule is Cl.N.N.N.N.O=C(Nc1ccc(Nc2nc(N3CCCCC3)nc(N3CCCCC3)n2)cc1O)c1cc(Cl)ccc1O.[HH].[HH].[HH].[HH]. The maximum absolute atomic E-state index is 12.6. The molecule has 5 rings (SSSR count). The van der Waals surface area contributed by atoms with Gasteiger partial charge in [-0.25, -0.2) is 0 Å². The molecule has 16 N–H and O–H groups in total. The smallest absolute Gasteiger partial charge is 0.259 e. The molecule has 0 atom stereocenters. The van der Waals surface area contributed by atoms with Crippen molar-refractivity contribution < 1.29 is 20.7 Å². The van der Waals surface area contributed by atoms with Gasteiger partial charge in [-0.15, -0.1) is 12.4 Å². The van der Waals surface area contributed by atoms with E-state index >= 15 is 0 Å². The second-order valence-corrected chi connectivity index (χ2v) is 9.76. The van der Waals surface area contributed by atoms with E-state index in [-0.39, 0.29) is 65.5 Å². The molecule has 2 aromatic carbocycles. The van der Waals surface area contributed by atoms with Crippen LogP contribution >= 0.6 is 24.0 Å². The van der Waals surface area contributed by atoms with E-state index in [1.165, 1.54) is 37.1 Å². The predicted octanol–water partition coefficient (Wildman–Crippen LogP) is 6.97. The lowest BCUT2D eigenvalue weighted by atomic mass is 10.1. The van der Waals surface area contributed by atoms with Gasteiger partial charge in [0.15, 0.2) is 0 Å². The van der Waals surface area contributed by atoms with Crippen molar-refractivity contribution in [1.82, 2.24) is 39.6 Å². The molecule has 0 aliphatic carbocycles. The van der Waals surface area contributed by atoms with Gasteiger partial charge in [-0.3, -0.25) is 4.79 Å². The Balaban J connectivity index is -0.000000623. The van der Waals surface area contributed by atoms with Gasteiger partial charge in [0.2, 0.25) is 17.8 Å². The van der Waals surface area contributed by atoms with Crippen LogP contribution < -0.4 is 45.0 Å². The molecule has 2 fully saturated rings. The monoisotopic (exact) mass is 635 g/mol. The summed E-state index contributed by atoms with van der Waals surface area (Å²) in [5.74, 6) is 0.770. The molecular weight excluding hydrogens is 585 g/mol. The van der Waals surface area contributed by atoms with Crippen LogP contribution in [0.1, 0.15) is 54.6 Å². The number of phenolic OH excluding ortho intramolecular Hbond substituents is 2. The summed E-state index contributed by atoms with van der Waals surface area (Å²) in [5, 5.41) is 26.7. The Bertz CT molecular complexity index is 1270. The van der Waals surface area contributed by atoms with Crippen LogP contribution in [-0.4, -0.2) is 57.3 Å². The highest BCUT2D eigenvalue weighted by molar-refractivity contribution is 6.31. The minimum absolute atomic E-state index is 0. The molecule has 3 aromatic rings. The molecular formula is C26H51Cl2N11O3. The Morgan fingerprint density at radius 2 is 1.31 bits per heavy atom. The number of phenols is 2. The second-order valence-electron chi connectivity index (χ2n) is 9.33. The zero-order valence-electron chi connectivity index (χ0n) is 23.7. The summed E-state index contributed by atoms with van der Waals surface area (Å²) in [5.41, 5.74) is 0.754. The maximum atomic E-state index is 12.6. The minimum atomic E-state index is -0.592. The zero-order valence-corrected chi connectivity index (χ0v) is 25.3. The lowest BCUT2D eigenvalue weighted by Crippen LogP contribution is -2.34. The zero-order chi connectivity index (χ0) is 25.8. The number of carbonyl (C=O) groups is 1. The molecule has 0 bridgehead atoms. The van der Waals surface area contributed by atoms with E-state index in [0.29, 0.717) is 28.6 Å². The van der Waals surface area contributed by atoms with Crippen molar-refractivity contribution in [1.29, 1.82) is 0 Å². The number of benzene rings is 2. The lowest BCUT2D eigenvalue weighted by molar-refractivity contribution is 0.102. The van der Waals surface area contributed by atoms with Gasteiger partial charge in [0.1, 0.15) is 11.5 Å². The van der Waals surface area contributed by atoms with Crippen LogP contribution in [0.25, 0.3) is 0 Å². The molecule has 1 aromatic heterocycles. The van der Waals surface area contributed by atoms with E-state index in [1.54, 1.807) is 12.1 Å². The molecule has 3 heterocycles. The highest BCUT2D eigenvalue weighted by Crippen LogP contribution is 2.31. The molecule has 0 unspecified atom stereocenters. The molecule has 2 aliphatic rings. The summed E-state index contributed by atoms with van der Waals surface area (Å²) in [6.07, 6.45) is 6.88. The van der Waals surface area contributed by atoms with E-state index in [1.807, 2.05) is 0 Å². The molecule has 42 heavy (non-hydrogen) atoms. The fourth-order valence-electron chi connectivity index (χ4n) is 4.60. The van der Waals surface area contributed by atoms with Gasteiger partial charge in [0, 0.05) is 48.7 Å². The Hall–Kier alpha value is -3.66. The van der Waals surface area contributed by atoms with Gasteiger partial charge < -0.3 is 55.2 Å². The molecule has 1 amide bonds. The van der Waals surface area contributed by atoms with Crippen molar-refractivity contribution in [3.63, 3.8) is 0 Å². The number of aromatic hydroxyl groups is 2. The fourth-order valence-corrected chi connectivity index (χ4v) is 4.78. The minimum Gasteiger partial charge on any atom is -0.507 e. The molecule has 0 radical (unpaired) electrons. The summed E-state index contributed by atoms with van der Waals surface area (Å²) in [7, 11) is 0. The second kappa shape index (κ2) is 17.3. The van der Waals surface area contributed by atoms with Crippen molar-refractivity contribution >= 4 is 59.1 Å². The predicted molar refractivity (Wildman–Crippen MR) is 180 cm³/mol. The first-order chi connectivity index (χ1) is 18.0. The molecule has 16 heteroatoms. The highest BCUT2D eigenvalue weighted by Gasteiger charge is 2.21. The number of carbonyl (C=O) groups excluding carboxylic acids is 1. The average Bonchev–Trinajstić information content (AvgIpc) is 2.92. The number of hydrogen-bond donors (Lipinski definition) is 8. The Morgan fingerprint density at radius 1 is 0.762 bits per heavy atom. The van der Waals surface area contributed by atoms with Gasteiger partial charge >= 0.3 is 0 Å². The Morgan fingerprint density at radius 3 is 1.83 bits per heavy atom. The largest absolute Gasteiger partial charge is 0.507 e. The van der Waals surface area contributed by atoms with Crippen molar-refractivity contribution in [3.05, 3.63) is 47.0 Å². The van der Waals surface area contributed by atoms with Crippen molar-refractivity contribution in [2.45, 2.75) is 38.5 Å². The topological polar surface area (TPSA) is 267 Å². The first-order valence-corrected chi connectivity index (χ1v) is 13.0. The Labute approximate surface area is 263 Å². The van der Waals surface area contributed by atoms with E-state index in [4.69, 9.17) is 16.6 Å². The van der Waals surface area contributed by atoms with Crippen LogP contribution in [-0.2, 0) is 0 Å². The summed E-state index contributed by atoms with van der Waals surface area (Å²) < 4.78 is 0. The molecule has 2 saturated heterocycles. The maximum Gasteiger partial charge on any atom is 0.259 e. The van der Waals surface area contributed by atoms with E-state index in [2.05, 4.69) is 30.4 Å². The Kier molecular flexibility index (Phi) is 15.8. The third-order valence-corrected chi connectivity index (χ3v) is 6.83. The van der Waals surface area contributed by atoms with Crippen molar-refractivity contribution in [2.24, 2.45) is 0 Å². The number of amides is 1. The highest BCUT2D eigenvalue weighted by atomic mass is 35.5. The van der Waals surface area contributed by atoms with E-state index in [0.717, 1.165) is 51.9 Å². The fraction of sp³-hybridized carbons (Fsp3) is 0.385. The van der Waals surface area contributed by atoms with Crippen LogP contribution in [0.5, 0.6) is 11.5 Å². The number of nitrogens with one attached hydrogen (secondary N) is 2. The van der Waals surface area contributed by atoms with E-state index in [9.17, 15) is 15.0 Å². The van der Waals surface area contributed by atoms with Crippen LogP contribution in [0, 0.1) is 0 Å². The summed E-state index contributed by atoms with van der Waals surface area (Å²) in [4.78, 5) is 31.1. The van der Waals surface area contributed by atoms with Crippen LogP contribution in [0.4, 0.5) is 29.2 Å². The number of piperidine rings is 2. The average molecular weight is 637 g/mol. The van der Waals surface area contributed by atoms with Gasteiger partial charge in [-0.1, -0.05) is 11.6 Å². The molecule has 0 saturated carbocycles. The van der Waals surface area contributed by atoms with Crippen LogP contribution in [0.15, 0.2) is 36.4 Å². The standard InChI is InChI=1S/C26H30ClN7O3.ClH.4H3N.4H2/c27-17-7-10-21(35)19(15-17)23(37)29-20-9-8-18(16-22(20)36)28-24-30-25(33-11-3-1-4-12-33)32-26(31-24)34-13-5-2-6-14-34;;;;;;;;;/h7-10,15-16,35-36H,1-6,11-14H2,(H,29,37)(H,28,30,31,32);1H;4*1H3;4*1H. The number of halogens is 2. The number of anilines is 5. The van der Waals surface area contributed by atoms with Crippen molar-refractivity contribution in [2.75, 3.05) is 46.6 Å². The van der Waals surface area contributed by atoms with Crippen LogP contribution in [0.3, 0.4) is 0 Å². The summed E-state index contributed by atoms with van der Waals surface area (Å²) in [6, 6.07) is 8.95. The van der Waals surface area contributed by atoms with Gasteiger partial charge in [0.25, 0.3) is 5.91 Å². The first kappa shape index (κ1) is 38.3. The molecule has 242 valence electrons. The number of aromatic nitrogens is 3. The summed E-state index contributed by atoms with van der Waals surface area (Å²) >= 11 is 5.94. The lowest BCUT2D eigenvalue weighted by Gasteiger charge is -2.30. The third-order valence-electron chi connectivity index (χ3n) is 6.59. The summed E-state index contributed by atoms with van der Waals surface area (Å²) in [6.45, 7) is 3.67. The number of hydrogen-bond acceptors (Lipinski definition) is 13.